The van der Waals surface area contributed by atoms with Crippen LogP contribution in [0, 0.1) is 10.1 Å². The van der Waals surface area contributed by atoms with E-state index in [2.05, 4.69) is 34.5 Å². The van der Waals surface area contributed by atoms with Gasteiger partial charge in [0.2, 0.25) is 5.91 Å². The maximum absolute atomic E-state index is 12.1. The molecule has 11 heteroatoms. The predicted molar refractivity (Wildman–Crippen MR) is 118 cm³/mol. The molecule has 0 aliphatic carbocycles. The van der Waals surface area contributed by atoms with Crippen LogP contribution >= 0.6 is 0 Å². The van der Waals surface area contributed by atoms with Gasteiger partial charge in [-0.2, -0.15) is 0 Å². The first kappa shape index (κ1) is 24.2. The van der Waals surface area contributed by atoms with Crippen molar-refractivity contribution >= 4 is 29.1 Å². The molecule has 2 amide bonds. The molecular weight excluding hydrogens is 404 g/mol. The van der Waals surface area contributed by atoms with Crippen LogP contribution in [-0.2, 0) is 9.53 Å². The summed E-state index contributed by atoms with van der Waals surface area (Å²) in [6, 6.07) is 5.58. The minimum Gasteiger partial charge on any atom is -0.443 e. The Bertz CT molecular complexity index is 805. The van der Waals surface area contributed by atoms with E-state index >= 15 is 0 Å². The molecule has 11 nitrogen and oxygen atoms in total. The summed E-state index contributed by atoms with van der Waals surface area (Å²) in [5.41, 5.74) is 5.00. The molecule has 1 aliphatic rings. The van der Waals surface area contributed by atoms with Gasteiger partial charge in [-0.3, -0.25) is 14.9 Å². The van der Waals surface area contributed by atoms with Crippen molar-refractivity contribution in [3.8, 4) is 0 Å². The molecule has 0 saturated carbocycles. The van der Waals surface area contributed by atoms with Crippen molar-refractivity contribution in [3.05, 3.63) is 28.3 Å². The lowest BCUT2D eigenvalue weighted by Crippen LogP contribution is -2.42. The average molecular weight is 437 g/mol. The van der Waals surface area contributed by atoms with Crippen molar-refractivity contribution in [1.82, 2.24) is 10.2 Å². The number of nitro groups is 1. The number of rotatable bonds is 9. The van der Waals surface area contributed by atoms with Crippen LogP contribution < -0.4 is 21.3 Å². The molecule has 1 aliphatic heterocycles. The molecule has 1 heterocycles. The molecule has 0 unspecified atom stereocenters. The fraction of sp³-hybridized carbons (Fsp3) is 0.600. The number of ether oxygens (including phenoxy) is 1. The second-order valence-corrected chi connectivity index (χ2v) is 8.45. The fourth-order valence-electron chi connectivity index (χ4n) is 3.65. The lowest BCUT2D eigenvalue weighted by molar-refractivity contribution is -0.383. The number of nitrogens with one attached hydrogen (secondary N) is 2. The third-order valence-electron chi connectivity index (χ3n) is 5.27. The number of anilines is 2. The molecule has 2 rings (SSSR count). The zero-order valence-electron chi connectivity index (χ0n) is 18.5. The van der Waals surface area contributed by atoms with E-state index in [-0.39, 0.29) is 24.7 Å². The van der Waals surface area contributed by atoms with Gasteiger partial charge < -0.3 is 30.9 Å². The van der Waals surface area contributed by atoms with Crippen molar-refractivity contribution in [2.75, 3.05) is 44.1 Å². The Balaban J connectivity index is 1.95. The standard InChI is InChI=1S/C20H32N6O5/c1-20(2,31-19(21)28)12-18(27)23-13-22-16-6-5-15(11-17(16)26(29)30)25-9-7-14(8-10-25)24(3)4/h5-6,11,14,22H,7-10,12-13H2,1-4H3,(H2,21,28)(H,23,27). The highest BCUT2D eigenvalue weighted by Crippen LogP contribution is 2.31. The van der Waals surface area contributed by atoms with E-state index in [1.807, 2.05) is 6.07 Å². The van der Waals surface area contributed by atoms with Crippen LogP contribution in [0.1, 0.15) is 33.1 Å². The van der Waals surface area contributed by atoms with Gasteiger partial charge in [-0.15, -0.1) is 0 Å². The van der Waals surface area contributed by atoms with Crippen LogP contribution in [-0.4, -0.2) is 67.3 Å². The van der Waals surface area contributed by atoms with Gasteiger partial charge in [0.25, 0.3) is 5.69 Å². The molecule has 0 bridgehead atoms. The highest BCUT2D eigenvalue weighted by atomic mass is 16.6. The number of nitrogens with zero attached hydrogens (tertiary/aromatic N) is 3. The van der Waals surface area contributed by atoms with Crippen LogP contribution in [0.2, 0.25) is 0 Å². The van der Waals surface area contributed by atoms with Gasteiger partial charge >= 0.3 is 6.09 Å². The summed E-state index contributed by atoms with van der Waals surface area (Å²) in [5.74, 6) is -0.387. The molecule has 0 atom stereocenters. The van der Waals surface area contributed by atoms with Crippen molar-refractivity contribution in [2.24, 2.45) is 5.73 Å². The molecule has 1 saturated heterocycles. The Morgan fingerprint density at radius 3 is 2.52 bits per heavy atom. The summed E-state index contributed by atoms with van der Waals surface area (Å²) in [6.07, 6.45) is 0.949. The third-order valence-corrected chi connectivity index (χ3v) is 5.27. The zero-order chi connectivity index (χ0) is 23.2. The third kappa shape index (κ3) is 7.28. The minimum absolute atomic E-state index is 0.0140. The Hall–Kier alpha value is -3.08. The largest absolute Gasteiger partial charge is 0.443 e. The molecule has 172 valence electrons. The molecule has 4 N–H and O–H groups in total. The van der Waals surface area contributed by atoms with E-state index < -0.39 is 16.6 Å². The summed E-state index contributed by atoms with van der Waals surface area (Å²) in [7, 11) is 4.13. The number of carbonyl (C=O) groups is 2. The van der Waals surface area contributed by atoms with Gasteiger partial charge in [-0.25, -0.2) is 4.79 Å². The molecular formula is C20H32N6O5. The number of amides is 2. The lowest BCUT2D eigenvalue weighted by Gasteiger charge is -2.36. The Morgan fingerprint density at radius 2 is 1.97 bits per heavy atom. The number of nitro benzene ring substituents is 1. The van der Waals surface area contributed by atoms with Gasteiger partial charge in [-0.05, 0) is 52.9 Å². The van der Waals surface area contributed by atoms with E-state index in [0.29, 0.717) is 11.7 Å². The molecule has 1 aromatic carbocycles. The van der Waals surface area contributed by atoms with Crippen LogP contribution in [0.3, 0.4) is 0 Å². The number of hydrogen-bond donors (Lipinski definition) is 3. The van der Waals surface area contributed by atoms with Crippen LogP contribution in [0.5, 0.6) is 0 Å². The summed E-state index contributed by atoms with van der Waals surface area (Å²) in [4.78, 5) is 38.4. The topological polar surface area (TPSA) is 143 Å². The molecule has 1 aromatic rings. The smallest absolute Gasteiger partial charge is 0.405 e. The van der Waals surface area contributed by atoms with Crippen molar-refractivity contribution in [3.63, 3.8) is 0 Å². The monoisotopic (exact) mass is 436 g/mol. The van der Waals surface area contributed by atoms with E-state index in [0.717, 1.165) is 31.6 Å². The van der Waals surface area contributed by atoms with E-state index in [1.54, 1.807) is 26.0 Å². The first-order chi connectivity index (χ1) is 14.5. The van der Waals surface area contributed by atoms with E-state index in [4.69, 9.17) is 10.5 Å². The number of hydrogen-bond acceptors (Lipinski definition) is 8. The number of carbonyl (C=O) groups excluding carboxylic acids is 2. The molecule has 0 aromatic heterocycles. The maximum atomic E-state index is 12.1. The molecule has 1 fully saturated rings. The van der Waals surface area contributed by atoms with Crippen LogP contribution in [0.15, 0.2) is 18.2 Å². The highest BCUT2D eigenvalue weighted by molar-refractivity contribution is 5.78. The number of benzene rings is 1. The van der Waals surface area contributed by atoms with Gasteiger partial charge in [0.05, 0.1) is 18.0 Å². The molecule has 0 spiro atoms. The van der Waals surface area contributed by atoms with Gasteiger partial charge in [0.15, 0.2) is 0 Å². The van der Waals surface area contributed by atoms with E-state index in [1.165, 1.54) is 0 Å². The summed E-state index contributed by atoms with van der Waals surface area (Å²) in [5, 5.41) is 17.1. The van der Waals surface area contributed by atoms with Crippen molar-refractivity contribution in [2.45, 2.75) is 44.8 Å². The summed E-state index contributed by atoms with van der Waals surface area (Å²) >= 11 is 0. The maximum Gasteiger partial charge on any atom is 0.405 e. The Kier molecular flexibility index (Phi) is 8.03. The van der Waals surface area contributed by atoms with Gasteiger partial charge in [0.1, 0.15) is 11.3 Å². The van der Waals surface area contributed by atoms with Crippen LogP contribution in [0.25, 0.3) is 0 Å². The van der Waals surface area contributed by atoms with Gasteiger partial charge in [0, 0.05) is 30.9 Å². The highest BCUT2D eigenvalue weighted by Gasteiger charge is 2.26. The SMILES string of the molecule is CN(C)C1CCN(c2ccc(NCNC(=O)CC(C)(C)OC(N)=O)c([N+](=O)[O-])c2)CC1. The van der Waals surface area contributed by atoms with Crippen LogP contribution in [0.4, 0.5) is 21.9 Å². The summed E-state index contributed by atoms with van der Waals surface area (Å²) in [6.45, 7) is 4.79. The normalized spacial score (nSPS) is 14.9. The molecule has 31 heavy (non-hydrogen) atoms. The quantitative estimate of drug-likeness (QED) is 0.302. The molecule has 0 radical (unpaired) electrons. The predicted octanol–water partition coefficient (Wildman–Crippen LogP) is 1.87. The Morgan fingerprint density at radius 1 is 1.32 bits per heavy atom. The first-order valence-electron chi connectivity index (χ1n) is 10.2. The Labute approximate surface area is 182 Å². The zero-order valence-corrected chi connectivity index (χ0v) is 18.5. The second-order valence-electron chi connectivity index (χ2n) is 8.45. The van der Waals surface area contributed by atoms with Crippen molar-refractivity contribution in [1.29, 1.82) is 0 Å². The average Bonchev–Trinajstić information content (AvgIpc) is 2.66. The van der Waals surface area contributed by atoms with E-state index in [9.17, 15) is 19.7 Å². The fourth-order valence-corrected chi connectivity index (χ4v) is 3.65. The number of primary amides is 1. The minimum atomic E-state index is -1.05. The van der Waals surface area contributed by atoms with Gasteiger partial charge in [-0.1, -0.05) is 0 Å². The number of piperidine rings is 1. The first-order valence-corrected chi connectivity index (χ1v) is 10.2. The second kappa shape index (κ2) is 10.3. The van der Waals surface area contributed by atoms with Crippen molar-refractivity contribution < 1.29 is 19.2 Å². The summed E-state index contributed by atoms with van der Waals surface area (Å²) < 4.78 is 4.87. The lowest BCUT2D eigenvalue weighted by atomic mass is 10.0. The number of nitrogens with two attached hydrogens (primary N) is 1.